The highest BCUT2D eigenvalue weighted by atomic mass is 35.5. The maximum atomic E-state index is 6.15. The molecule has 5 heteroatoms. The van der Waals surface area contributed by atoms with E-state index < -0.39 is 0 Å². The van der Waals surface area contributed by atoms with Crippen molar-refractivity contribution < 1.29 is 4.74 Å². The van der Waals surface area contributed by atoms with Crippen molar-refractivity contribution in [1.82, 2.24) is 10.4 Å². The molecule has 1 aromatic heterocycles. The van der Waals surface area contributed by atoms with E-state index >= 15 is 0 Å². The quantitative estimate of drug-likeness (QED) is 0.668. The molecule has 1 aliphatic heterocycles. The first-order valence-corrected chi connectivity index (χ1v) is 6.95. The summed E-state index contributed by atoms with van der Waals surface area (Å²) in [6.07, 6.45) is 4.96. The van der Waals surface area contributed by atoms with Crippen LogP contribution in [0.15, 0.2) is 42.7 Å². The second-order valence-electron chi connectivity index (χ2n) is 4.91. The lowest BCUT2D eigenvalue weighted by atomic mass is 9.99. The second kappa shape index (κ2) is 5.79. The minimum Gasteiger partial charge on any atom is -0.488 e. The van der Waals surface area contributed by atoms with Crippen LogP contribution in [0.4, 0.5) is 0 Å². The van der Waals surface area contributed by atoms with Crippen LogP contribution in [0.1, 0.15) is 11.1 Å². The maximum absolute atomic E-state index is 6.15. The molecule has 1 aliphatic rings. The molecule has 2 heterocycles. The molecule has 20 heavy (non-hydrogen) atoms. The molecule has 0 radical (unpaired) electrons. The van der Waals surface area contributed by atoms with Gasteiger partial charge in [-0.2, -0.15) is 0 Å². The Hall–Kier alpha value is -1.62. The summed E-state index contributed by atoms with van der Waals surface area (Å²) in [7, 11) is 0. The molecule has 3 N–H and O–H groups in total. The molecule has 3 rings (SSSR count). The van der Waals surface area contributed by atoms with E-state index in [4.69, 9.17) is 22.2 Å². The Morgan fingerprint density at radius 3 is 3.00 bits per heavy atom. The zero-order valence-corrected chi connectivity index (χ0v) is 11.7. The van der Waals surface area contributed by atoms with E-state index in [-0.39, 0.29) is 12.1 Å². The number of hydrogen-bond acceptors (Lipinski definition) is 4. The number of hydrogen-bond donors (Lipinski definition) is 2. The van der Waals surface area contributed by atoms with E-state index in [9.17, 15) is 0 Å². The smallest absolute Gasteiger partial charge is 0.123 e. The molecule has 0 spiro atoms. The number of para-hydroxylation sites is 1. The zero-order valence-electron chi connectivity index (χ0n) is 10.9. The molecular formula is C15H16ClN3O. The molecule has 4 nitrogen and oxygen atoms in total. The number of hydrazine groups is 1. The molecular weight excluding hydrogens is 274 g/mol. The summed E-state index contributed by atoms with van der Waals surface area (Å²) < 4.78 is 5.97. The standard InChI is InChI=1S/C15H16ClN3O/c16-12-9-18-6-5-10(12)7-13(19-17)15-8-11-3-1-2-4-14(11)20-15/h1-6,9,13,15,19H,7-8,17H2. The summed E-state index contributed by atoms with van der Waals surface area (Å²) in [6, 6.07) is 9.99. The van der Waals surface area contributed by atoms with E-state index in [1.807, 2.05) is 24.3 Å². The van der Waals surface area contributed by atoms with Gasteiger partial charge in [0.25, 0.3) is 0 Å². The van der Waals surface area contributed by atoms with Crippen molar-refractivity contribution in [2.24, 2.45) is 5.84 Å². The van der Waals surface area contributed by atoms with Gasteiger partial charge in [0.15, 0.2) is 0 Å². The molecule has 0 amide bonds. The van der Waals surface area contributed by atoms with Crippen molar-refractivity contribution in [3.8, 4) is 5.75 Å². The van der Waals surface area contributed by atoms with E-state index in [2.05, 4.69) is 16.5 Å². The fraction of sp³-hybridized carbons (Fsp3) is 0.267. The number of nitrogens with two attached hydrogens (primary N) is 1. The van der Waals surface area contributed by atoms with Crippen molar-refractivity contribution in [2.75, 3.05) is 0 Å². The van der Waals surface area contributed by atoms with Crippen LogP contribution in [-0.4, -0.2) is 17.1 Å². The molecule has 0 aliphatic carbocycles. The van der Waals surface area contributed by atoms with Gasteiger partial charge in [0.1, 0.15) is 11.9 Å². The van der Waals surface area contributed by atoms with E-state index in [1.165, 1.54) is 5.56 Å². The first kappa shape index (κ1) is 13.4. The molecule has 104 valence electrons. The van der Waals surface area contributed by atoms with Gasteiger partial charge in [-0.1, -0.05) is 29.8 Å². The van der Waals surface area contributed by atoms with Gasteiger partial charge >= 0.3 is 0 Å². The van der Waals surface area contributed by atoms with Crippen molar-refractivity contribution in [1.29, 1.82) is 0 Å². The van der Waals surface area contributed by atoms with Crippen molar-refractivity contribution in [2.45, 2.75) is 25.0 Å². The first-order chi connectivity index (χ1) is 9.78. The lowest BCUT2D eigenvalue weighted by Gasteiger charge is -2.22. The van der Waals surface area contributed by atoms with Crippen molar-refractivity contribution in [3.63, 3.8) is 0 Å². The number of nitrogens with one attached hydrogen (secondary N) is 1. The van der Waals surface area contributed by atoms with Gasteiger partial charge in [-0.3, -0.25) is 16.3 Å². The van der Waals surface area contributed by atoms with Gasteiger partial charge in [-0.15, -0.1) is 0 Å². The number of pyridine rings is 1. The monoisotopic (exact) mass is 289 g/mol. The van der Waals surface area contributed by atoms with Crippen LogP contribution >= 0.6 is 11.6 Å². The normalized spacial score (nSPS) is 18.4. The van der Waals surface area contributed by atoms with Crippen LogP contribution in [-0.2, 0) is 12.8 Å². The fourth-order valence-corrected chi connectivity index (χ4v) is 2.73. The van der Waals surface area contributed by atoms with Crippen molar-refractivity contribution in [3.05, 3.63) is 58.9 Å². The summed E-state index contributed by atoms with van der Waals surface area (Å²) in [4.78, 5) is 3.99. The predicted molar refractivity (Wildman–Crippen MR) is 78.6 cm³/mol. The summed E-state index contributed by atoms with van der Waals surface area (Å²) in [5.41, 5.74) is 5.09. The number of rotatable bonds is 4. The van der Waals surface area contributed by atoms with Gasteiger partial charge < -0.3 is 4.74 Å². The van der Waals surface area contributed by atoms with Gasteiger partial charge in [-0.25, -0.2) is 0 Å². The largest absolute Gasteiger partial charge is 0.488 e. The lowest BCUT2D eigenvalue weighted by Crippen LogP contribution is -2.47. The molecule has 0 bridgehead atoms. The number of aromatic nitrogens is 1. The van der Waals surface area contributed by atoms with Crippen LogP contribution < -0.4 is 16.0 Å². The minimum absolute atomic E-state index is 0.00213. The van der Waals surface area contributed by atoms with Gasteiger partial charge in [0.2, 0.25) is 0 Å². The van der Waals surface area contributed by atoms with E-state index in [1.54, 1.807) is 12.4 Å². The highest BCUT2D eigenvalue weighted by molar-refractivity contribution is 6.31. The Labute approximate surface area is 122 Å². The topological polar surface area (TPSA) is 60.2 Å². The Morgan fingerprint density at radius 2 is 2.25 bits per heavy atom. The molecule has 2 atom stereocenters. The molecule has 0 fully saturated rings. The predicted octanol–water partition coefficient (Wildman–Crippen LogP) is 2.11. The average molecular weight is 290 g/mol. The third-order valence-corrected chi connectivity index (χ3v) is 3.97. The average Bonchev–Trinajstić information content (AvgIpc) is 2.90. The third kappa shape index (κ3) is 2.63. The highest BCUT2D eigenvalue weighted by Gasteiger charge is 2.30. The first-order valence-electron chi connectivity index (χ1n) is 6.57. The Kier molecular flexibility index (Phi) is 3.87. The SMILES string of the molecule is NNC(Cc1ccncc1Cl)C1Cc2ccccc2O1. The number of halogens is 1. The maximum Gasteiger partial charge on any atom is 0.123 e. The van der Waals surface area contributed by atoms with Crippen LogP contribution in [0.5, 0.6) is 5.75 Å². The van der Waals surface area contributed by atoms with Gasteiger partial charge in [0.05, 0.1) is 11.1 Å². The molecule has 0 saturated heterocycles. The van der Waals surface area contributed by atoms with Crippen LogP contribution in [0.25, 0.3) is 0 Å². The fourth-order valence-electron chi connectivity index (χ4n) is 2.54. The van der Waals surface area contributed by atoms with E-state index in [0.29, 0.717) is 11.4 Å². The second-order valence-corrected chi connectivity index (χ2v) is 5.32. The number of fused-ring (bicyclic) bond motifs is 1. The van der Waals surface area contributed by atoms with E-state index in [0.717, 1.165) is 17.7 Å². The molecule has 2 aromatic rings. The minimum atomic E-state index is 0.00213. The van der Waals surface area contributed by atoms with Gasteiger partial charge in [-0.05, 0) is 29.7 Å². The Balaban J connectivity index is 1.74. The third-order valence-electron chi connectivity index (χ3n) is 3.63. The summed E-state index contributed by atoms with van der Waals surface area (Å²) >= 11 is 6.15. The molecule has 2 unspecified atom stereocenters. The summed E-state index contributed by atoms with van der Waals surface area (Å²) in [6.45, 7) is 0. The number of benzene rings is 1. The number of nitrogens with zero attached hydrogens (tertiary/aromatic N) is 1. The Bertz CT molecular complexity index is 580. The van der Waals surface area contributed by atoms with Crippen LogP contribution in [0.2, 0.25) is 5.02 Å². The van der Waals surface area contributed by atoms with Crippen LogP contribution in [0, 0.1) is 0 Å². The zero-order chi connectivity index (χ0) is 13.9. The van der Waals surface area contributed by atoms with Gasteiger partial charge in [0, 0.05) is 18.8 Å². The highest BCUT2D eigenvalue weighted by Crippen LogP contribution is 2.30. The molecule has 1 aromatic carbocycles. The summed E-state index contributed by atoms with van der Waals surface area (Å²) in [5.74, 6) is 6.64. The lowest BCUT2D eigenvalue weighted by molar-refractivity contribution is 0.177. The summed E-state index contributed by atoms with van der Waals surface area (Å²) in [5, 5.41) is 0.656. The van der Waals surface area contributed by atoms with Crippen molar-refractivity contribution >= 4 is 11.6 Å². The number of ether oxygens (including phenoxy) is 1. The Morgan fingerprint density at radius 1 is 1.40 bits per heavy atom. The molecule has 0 saturated carbocycles. The van der Waals surface area contributed by atoms with Crippen LogP contribution in [0.3, 0.4) is 0 Å².